The van der Waals surface area contributed by atoms with Gasteiger partial charge in [-0.05, 0) is 13.8 Å². The summed E-state index contributed by atoms with van der Waals surface area (Å²) in [5.74, 6) is -0.385. The first-order valence-electron chi connectivity index (χ1n) is 7.25. The number of carbonyl (C=O) groups excluding carboxylic acids is 1. The van der Waals surface area contributed by atoms with Crippen molar-refractivity contribution in [2.45, 2.75) is 52.6 Å². The first kappa shape index (κ1) is 17.3. The molecule has 1 aliphatic rings. The molecule has 0 spiro atoms. The van der Waals surface area contributed by atoms with Crippen molar-refractivity contribution in [1.29, 1.82) is 0 Å². The van der Waals surface area contributed by atoms with E-state index in [0.717, 1.165) is 12.8 Å². The predicted molar refractivity (Wildman–Crippen MR) is 78.1 cm³/mol. The summed E-state index contributed by atoms with van der Waals surface area (Å²) in [5.41, 5.74) is 0. The van der Waals surface area contributed by atoms with E-state index in [9.17, 15) is 19.3 Å². The molecule has 6 nitrogen and oxygen atoms in total. The van der Waals surface area contributed by atoms with Gasteiger partial charge in [-0.3, -0.25) is 5.09 Å². The molecule has 1 saturated heterocycles. The smallest absolute Gasteiger partial charge is 0.435 e. The number of quaternary nitrogens is 1. The van der Waals surface area contributed by atoms with Gasteiger partial charge in [0.25, 0.3) is 0 Å². The Morgan fingerprint density at radius 2 is 1.95 bits per heavy atom. The fraction of sp³-hybridized carbons (Fsp3) is 0.846. The molecule has 7 heteroatoms. The lowest BCUT2D eigenvalue weighted by Crippen LogP contribution is -2.63. The molecule has 0 bridgehead atoms. The van der Waals surface area contributed by atoms with Crippen LogP contribution in [0.2, 0.25) is 0 Å². The Morgan fingerprint density at radius 1 is 1.40 bits per heavy atom. The molecular formula is C13H26N2O4P+. The number of likely N-dealkylation sites (tertiary alicyclic amines) is 1. The summed E-state index contributed by atoms with van der Waals surface area (Å²) in [6.45, 7) is 7.37. The van der Waals surface area contributed by atoms with E-state index in [1.165, 1.54) is 0 Å². The van der Waals surface area contributed by atoms with Gasteiger partial charge in [0.2, 0.25) is 0 Å². The molecular weight excluding hydrogens is 279 g/mol. The van der Waals surface area contributed by atoms with Crippen LogP contribution in [-0.4, -0.2) is 52.5 Å². The van der Waals surface area contributed by atoms with Crippen molar-refractivity contribution in [3.63, 3.8) is 0 Å². The van der Waals surface area contributed by atoms with Crippen LogP contribution < -0.4 is 5.09 Å². The Labute approximate surface area is 120 Å². The second-order valence-corrected chi connectivity index (χ2v) is 8.88. The molecule has 0 aromatic rings. The Bertz CT molecular complexity index is 432. The SMILES string of the molecule is CCP(=O)(CC)N[C@@H](C)C(=O)[N+]1(C(=O)O)CCC[C@H]1C. The van der Waals surface area contributed by atoms with Crippen LogP contribution in [0.3, 0.4) is 0 Å². The van der Waals surface area contributed by atoms with E-state index < -0.39 is 23.9 Å². The summed E-state index contributed by atoms with van der Waals surface area (Å²) in [4.78, 5) is 24.3. The molecule has 0 saturated carbocycles. The Hall–Kier alpha value is -0.710. The molecule has 2 N–H and O–H groups in total. The number of carbonyl (C=O) groups is 2. The number of carboxylic acid groups (broad SMARTS) is 1. The maximum Gasteiger partial charge on any atom is 0.521 e. The molecule has 2 amide bonds. The topological polar surface area (TPSA) is 83.5 Å². The number of hydrogen-bond donors (Lipinski definition) is 2. The number of nitrogens with zero attached hydrogens (tertiary/aromatic N) is 1. The van der Waals surface area contributed by atoms with Crippen molar-refractivity contribution >= 4 is 19.3 Å². The lowest BCUT2D eigenvalue weighted by Gasteiger charge is -2.33. The highest BCUT2D eigenvalue weighted by atomic mass is 31.2. The molecule has 1 unspecified atom stereocenters. The second kappa shape index (κ2) is 6.37. The van der Waals surface area contributed by atoms with Gasteiger partial charge in [-0.1, -0.05) is 13.8 Å². The summed E-state index contributed by atoms with van der Waals surface area (Å²) in [6, 6.07) is -0.940. The molecule has 1 aliphatic heterocycles. The summed E-state index contributed by atoms with van der Waals surface area (Å²) < 4.78 is 11.9. The van der Waals surface area contributed by atoms with Crippen LogP contribution in [0, 0.1) is 0 Å². The van der Waals surface area contributed by atoms with Crippen molar-refractivity contribution < 1.29 is 23.7 Å². The highest BCUT2D eigenvalue weighted by Gasteiger charge is 2.54. The maximum absolute atomic E-state index is 12.6. The van der Waals surface area contributed by atoms with Gasteiger partial charge >= 0.3 is 12.0 Å². The molecule has 20 heavy (non-hydrogen) atoms. The summed E-state index contributed by atoms with van der Waals surface area (Å²) in [6.07, 6.45) is 1.28. The summed E-state index contributed by atoms with van der Waals surface area (Å²) in [5, 5.41) is 12.4. The van der Waals surface area contributed by atoms with Gasteiger partial charge in [0, 0.05) is 25.2 Å². The van der Waals surface area contributed by atoms with Crippen LogP contribution in [0.25, 0.3) is 0 Å². The standard InChI is InChI=1S/C13H25N2O4P/c1-5-20(19,6-2)14-11(4)12(16)15(13(17)18)9-7-8-10(15)3/h10-11H,5-9H2,1-4H3,(H-,14,17,18,19)/p+1/t10-,11+,15?/m1/s1. The Kier molecular flexibility index (Phi) is 5.53. The average molecular weight is 305 g/mol. The normalized spacial score (nSPS) is 28.3. The molecule has 1 heterocycles. The molecule has 0 aliphatic carbocycles. The number of rotatable bonds is 5. The molecule has 1 rings (SSSR count). The lowest BCUT2D eigenvalue weighted by molar-refractivity contribution is -0.792. The third kappa shape index (κ3) is 2.97. The Morgan fingerprint density at radius 3 is 2.30 bits per heavy atom. The molecule has 0 aromatic carbocycles. The van der Waals surface area contributed by atoms with Gasteiger partial charge in [0.05, 0.1) is 6.54 Å². The van der Waals surface area contributed by atoms with E-state index in [-0.39, 0.29) is 11.9 Å². The molecule has 3 atom stereocenters. The van der Waals surface area contributed by atoms with Crippen molar-refractivity contribution in [3.8, 4) is 0 Å². The van der Waals surface area contributed by atoms with E-state index >= 15 is 0 Å². The van der Waals surface area contributed by atoms with Gasteiger partial charge < -0.3 is 9.67 Å². The zero-order chi connectivity index (χ0) is 15.6. The number of nitrogens with one attached hydrogen (secondary N) is 1. The third-order valence-electron chi connectivity index (χ3n) is 4.44. The largest absolute Gasteiger partial charge is 0.521 e. The van der Waals surface area contributed by atoms with Crippen molar-refractivity contribution in [2.75, 3.05) is 18.9 Å². The number of hydrogen-bond acceptors (Lipinski definition) is 3. The van der Waals surface area contributed by atoms with Gasteiger partial charge in [0.1, 0.15) is 19.4 Å². The fourth-order valence-electron chi connectivity index (χ4n) is 2.94. The van der Waals surface area contributed by atoms with Crippen LogP contribution in [0.1, 0.15) is 40.5 Å². The number of amides is 2. The first-order chi connectivity index (χ1) is 9.23. The minimum Gasteiger partial charge on any atom is -0.435 e. The van der Waals surface area contributed by atoms with E-state index in [4.69, 9.17) is 0 Å². The lowest BCUT2D eigenvalue weighted by atomic mass is 10.2. The van der Waals surface area contributed by atoms with Crippen molar-refractivity contribution in [2.24, 2.45) is 0 Å². The number of imide groups is 1. The molecule has 1 fully saturated rings. The third-order valence-corrected chi connectivity index (χ3v) is 7.34. The van der Waals surface area contributed by atoms with Gasteiger partial charge in [-0.25, -0.2) is 4.79 Å². The zero-order valence-corrected chi connectivity index (χ0v) is 13.7. The van der Waals surface area contributed by atoms with Crippen LogP contribution in [-0.2, 0) is 9.36 Å². The van der Waals surface area contributed by atoms with E-state index in [0.29, 0.717) is 18.9 Å². The fourth-order valence-corrected chi connectivity index (χ4v) is 4.57. The molecule has 0 aromatic heterocycles. The van der Waals surface area contributed by atoms with Gasteiger partial charge in [0.15, 0.2) is 0 Å². The first-order valence-corrected chi connectivity index (χ1v) is 9.32. The van der Waals surface area contributed by atoms with Gasteiger partial charge in [-0.15, -0.1) is 0 Å². The minimum atomic E-state index is -2.59. The maximum atomic E-state index is 12.6. The van der Waals surface area contributed by atoms with Crippen LogP contribution in [0.4, 0.5) is 4.79 Å². The van der Waals surface area contributed by atoms with Crippen molar-refractivity contribution in [3.05, 3.63) is 0 Å². The average Bonchev–Trinajstić information content (AvgIpc) is 2.80. The Balaban J connectivity index is 2.97. The quantitative estimate of drug-likeness (QED) is 0.602. The van der Waals surface area contributed by atoms with Crippen LogP contribution >= 0.6 is 7.29 Å². The highest BCUT2D eigenvalue weighted by molar-refractivity contribution is 7.61. The second-order valence-electron chi connectivity index (χ2n) is 5.58. The molecule has 116 valence electrons. The summed E-state index contributed by atoms with van der Waals surface area (Å²) in [7, 11) is -2.59. The molecule has 0 radical (unpaired) electrons. The zero-order valence-electron chi connectivity index (χ0n) is 12.8. The predicted octanol–water partition coefficient (Wildman–Crippen LogP) is 2.49. The highest BCUT2D eigenvalue weighted by Crippen LogP contribution is 2.41. The summed E-state index contributed by atoms with van der Waals surface area (Å²) >= 11 is 0. The van der Waals surface area contributed by atoms with Crippen LogP contribution in [0.15, 0.2) is 0 Å². The van der Waals surface area contributed by atoms with Crippen LogP contribution in [0.5, 0.6) is 0 Å². The van der Waals surface area contributed by atoms with Gasteiger partial charge in [-0.2, -0.15) is 9.28 Å². The van der Waals surface area contributed by atoms with E-state index in [1.54, 1.807) is 13.8 Å². The monoisotopic (exact) mass is 305 g/mol. The minimum absolute atomic E-state index is 0.230. The van der Waals surface area contributed by atoms with Crippen molar-refractivity contribution in [1.82, 2.24) is 5.09 Å². The van der Waals surface area contributed by atoms with E-state index in [2.05, 4.69) is 5.09 Å². The van der Waals surface area contributed by atoms with E-state index in [1.807, 2.05) is 13.8 Å².